The van der Waals surface area contributed by atoms with Crippen LogP contribution in [0.3, 0.4) is 0 Å². The van der Waals surface area contributed by atoms with Crippen LogP contribution in [0.15, 0.2) is 24.3 Å². The first-order valence-electron chi connectivity index (χ1n) is 5.46. The fourth-order valence-electron chi connectivity index (χ4n) is 2.25. The Morgan fingerprint density at radius 2 is 2.14 bits per heavy atom. The Kier molecular flexibility index (Phi) is 2.87. The molecule has 0 amide bonds. The Morgan fingerprint density at radius 1 is 1.36 bits per heavy atom. The molecule has 0 atom stereocenters. The summed E-state index contributed by atoms with van der Waals surface area (Å²) in [5.74, 6) is 0. The highest BCUT2D eigenvalue weighted by Crippen LogP contribution is 2.33. The summed E-state index contributed by atoms with van der Waals surface area (Å²) < 4.78 is 0. The minimum Gasteiger partial charge on any atom is -0.390 e. The van der Waals surface area contributed by atoms with Crippen LogP contribution in [0.2, 0.25) is 0 Å². The van der Waals surface area contributed by atoms with E-state index >= 15 is 0 Å². The third kappa shape index (κ3) is 2.36. The molecule has 0 aromatic heterocycles. The van der Waals surface area contributed by atoms with Crippen LogP contribution in [0.1, 0.15) is 37.7 Å². The van der Waals surface area contributed by atoms with Gasteiger partial charge in [0.05, 0.1) is 5.60 Å². The van der Waals surface area contributed by atoms with Gasteiger partial charge in [-0.15, -0.1) is 0 Å². The minimum atomic E-state index is -0.365. The highest BCUT2D eigenvalue weighted by molar-refractivity contribution is 5.14. The van der Waals surface area contributed by atoms with Crippen molar-refractivity contribution in [3.05, 3.63) is 35.9 Å². The maximum atomic E-state index is 10.1. The molecule has 0 aliphatic heterocycles. The summed E-state index contributed by atoms with van der Waals surface area (Å²) in [5, 5.41) is 10.1. The van der Waals surface area contributed by atoms with Crippen molar-refractivity contribution in [3.8, 4) is 0 Å². The van der Waals surface area contributed by atoms with E-state index in [9.17, 15) is 5.11 Å². The second kappa shape index (κ2) is 4.14. The molecule has 1 fully saturated rings. The highest BCUT2D eigenvalue weighted by atomic mass is 16.3. The Bertz CT molecular complexity index is 273. The number of rotatable bonds is 3. The average Bonchev–Trinajstić information content (AvgIpc) is 2.65. The van der Waals surface area contributed by atoms with Crippen molar-refractivity contribution in [2.24, 2.45) is 0 Å². The number of hydrogen-bond donors (Lipinski definition) is 1. The van der Waals surface area contributed by atoms with Gasteiger partial charge in [-0.3, -0.25) is 0 Å². The van der Waals surface area contributed by atoms with Gasteiger partial charge in [-0.25, -0.2) is 0 Å². The third-order valence-electron chi connectivity index (χ3n) is 3.18. The van der Waals surface area contributed by atoms with Crippen LogP contribution in [-0.2, 0) is 6.42 Å². The maximum Gasteiger partial charge on any atom is 0.0651 e. The lowest BCUT2D eigenvalue weighted by molar-refractivity contribution is 0.0391. The van der Waals surface area contributed by atoms with Gasteiger partial charge in [-0.2, -0.15) is 0 Å². The molecule has 0 heterocycles. The predicted molar refractivity (Wildman–Crippen MR) is 57.0 cm³/mol. The predicted octanol–water partition coefficient (Wildman–Crippen LogP) is 2.72. The van der Waals surface area contributed by atoms with E-state index in [0.717, 1.165) is 25.7 Å². The van der Waals surface area contributed by atoms with Crippen LogP contribution in [-0.4, -0.2) is 10.7 Å². The fraction of sp³-hybridized carbons (Fsp3) is 0.538. The van der Waals surface area contributed by atoms with Crippen molar-refractivity contribution in [1.82, 2.24) is 0 Å². The van der Waals surface area contributed by atoms with E-state index in [-0.39, 0.29) is 5.60 Å². The van der Waals surface area contributed by atoms with E-state index in [4.69, 9.17) is 0 Å². The molecule has 0 spiro atoms. The monoisotopic (exact) mass is 189 g/mol. The van der Waals surface area contributed by atoms with Crippen LogP contribution in [0, 0.1) is 6.07 Å². The van der Waals surface area contributed by atoms with Gasteiger partial charge in [0, 0.05) is 0 Å². The third-order valence-corrected chi connectivity index (χ3v) is 3.18. The molecular weight excluding hydrogens is 172 g/mol. The molecule has 2 rings (SSSR count). The molecule has 0 bridgehead atoms. The van der Waals surface area contributed by atoms with Gasteiger partial charge in [-0.1, -0.05) is 37.1 Å². The topological polar surface area (TPSA) is 20.2 Å². The molecule has 1 aromatic rings. The van der Waals surface area contributed by atoms with Gasteiger partial charge in [0.1, 0.15) is 0 Å². The molecule has 1 aromatic carbocycles. The van der Waals surface area contributed by atoms with Gasteiger partial charge < -0.3 is 5.11 Å². The number of hydrogen-bond acceptors (Lipinski definition) is 1. The van der Waals surface area contributed by atoms with E-state index in [2.05, 4.69) is 12.1 Å². The zero-order chi connectivity index (χ0) is 9.86. The molecule has 1 aliphatic carbocycles. The van der Waals surface area contributed by atoms with Crippen LogP contribution >= 0.6 is 0 Å². The quantitative estimate of drug-likeness (QED) is 0.775. The molecule has 75 valence electrons. The van der Waals surface area contributed by atoms with Crippen molar-refractivity contribution in [1.29, 1.82) is 0 Å². The van der Waals surface area contributed by atoms with Crippen molar-refractivity contribution < 1.29 is 5.11 Å². The van der Waals surface area contributed by atoms with Crippen molar-refractivity contribution in [2.45, 2.75) is 44.1 Å². The van der Waals surface area contributed by atoms with Crippen LogP contribution in [0.4, 0.5) is 0 Å². The molecule has 1 nitrogen and oxygen atoms in total. The molecule has 14 heavy (non-hydrogen) atoms. The van der Waals surface area contributed by atoms with E-state index < -0.39 is 0 Å². The van der Waals surface area contributed by atoms with Crippen molar-refractivity contribution in [2.75, 3.05) is 0 Å². The maximum absolute atomic E-state index is 10.1. The Balaban J connectivity index is 1.88. The first kappa shape index (κ1) is 9.72. The van der Waals surface area contributed by atoms with Crippen molar-refractivity contribution in [3.63, 3.8) is 0 Å². The second-order valence-electron chi connectivity index (χ2n) is 4.34. The summed E-state index contributed by atoms with van der Waals surface area (Å²) in [6.45, 7) is 0. The summed E-state index contributed by atoms with van der Waals surface area (Å²) >= 11 is 0. The zero-order valence-electron chi connectivity index (χ0n) is 8.50. The highest BCUT2D eigenvalue weighted by Gasteiger charge is 2.30. The van der Waals surface area contributed by atoms with Gasteiger partial charge in [0.2, 0.25) is 0 Å². The summed E-state index contributed by atoms with van der Waals surface area (Å²) in [4.78, 5) is 0. The van der Waals surface area contributed by atoms with Crippen LogP contribution in [0.5, 0.6) is 0 Å². The molecule has 0 unspecified atom stereocenters. The second-order valence-corrected chi connectivity index (χ2v) is 4.34. The summed E-state index contributed by atoms with van der Waals surface area (Å²) in [6, 6.07) is 11.1. The molecule has 1 aliphatic rings. The Labute approximate surface area is 85.8 Å². The van der Waals surface area contributed by atoms with Crippen LogP contribution < -0.4 is 0 Å². The molecule has 1 saturated carbocycles. The fourth-order valence-corrected chi connectivity index (χ4v) is 2.25. The minimum absolute atomic E-state index is 0.365. The number of aliphatic hydroxyl groups is 1. The molecule has 1 N–H and O–H groups in total. The van der Waals surface area contributed by atoms with E-state index in [1.165, 1.54) is 18.4 Å². The van der Waals surface area contributed by atoms with Crippen molar-refractivity contribution >= 4 is 0 Å². The lowest BCUT2D eigenvalue weighted by Crippen LogP contribution is -2.24. The normalized spacial score (nSPS) is 19.8. The molecule has 1 radical (unpaired) electrons. The first-order chi connectivity index (χ1) is 6.79. The summed E-state index contributed by atoms with van der Waals surface area (Å²) in [7, 11) is 0. The lowest BCUT2D eigenvalue weighted by atomic mass is 9.93. The van der Waals surface area contributed by atoms with Gasteiger partial charge >= 0.3 is 0 Å². The van der Waals surface area contributed by atoms with E-state index in [1.54, 1.807) is 0 Å². The zero-order valence-corrected chi connectivity index (χ0v) is 8.50. The Hall–Kier alpha value is -0.820. The van der Waals surface area contributed by atoms with Crippen LogP contribution in [0.25, 0.3) is 0 Å². The average molecular weight is 189 g/mol. The summed E-state index contributed by atoms with van der Waals surface area (Å²) in [6.07, 6.45) is 6.25. The van der Waals surface area contributed by atoms with E-state index in [1.807, 2.05) is 18.2 Å². The largest absolute Gasteiger partial charge is 0.390 e. The Morgan fingerprint density at radius 3 is 2.79 bits per heavy atom. The summed E-state index contributed by atoms with van der Waals surface area (Å²) in [5.41, 5.74) is 0.920. The number of aryl methyl sites for hydroxylation is 1. The van der Waals surface area contributed by atoms with Gasteiger partial charge in [-0.05, 0) is 37.3 Å². The van der Waals surface area contributed by atoms with Gasteiger partial charge in [0.15, 0.2) is 0 Å². The molecular formula is C13H17O. The standard InChI is InChI=1S/C13H17O/c14-13(9-4-5-10-13)11-8-12-6-2-1-3-7-12/h1-2,6-7,14H,4-5,8-11H2. The first-order valence-corrected chi connectivity index (χ1v) is 5.46. The number of benzene rings is 1. The van der Waals surface area contributed by atoms with E-state index in [0.29, 0.717) is 0 Å². The van der Waals surface area contributed by atoms with Gasteiger partial charge in [0.25, 0.3) is 0 Å². The smallest absolute Gasteiger partial charge is 0.0651 e. The molecule has 1 heteroatoms. The molecule has 0 saturated heterocycles. The lowest BCUT2D eigenvalue weighted by Gasteiger charge is -2.21. The SMILES string of the molecule is OC1(CCc2c[c]ccc2)CCCC1.